The molecule has 1 fully saturated rings. The minimum absolute atomic E-state index is 0.0460. The molecule has 0 radical (unpaired) electrons. The first-order chi connectivity index (χ1) is 12.2. The van der Waals surface area contributed by atoms with E-state index in [4.69, 9.17) is 11.6 Å². The van der Waals surface area contributed by atoms with E-state index in [-0.39, 0.29) is 23.3 Å². The number of benzene rings is 1. The van der Waals surface area contributed by atoms with Crippen LogP contribution < -0.4 is 10.6 Å². The molecule has 0 bridgehead atoms. The molecule has 0 saturated carbocycles. The van der Waals surface area contributed by atoms with Gasteiger partial charge >= 0.3 is 0 Å². The first-order valence-electron chi connectivity index (χ1n) is 9.25. The summed E-state index contributed by atoms with van der Waals surface area (Å²) in [4.78, 5) is 18.4. The monoisotopic (exact) mass is 378 g/mol. The van der Waals surface area contributed by atoms with Crippen LogP contribution in [0.4, 0.5) is 0 Å². The molecule has 1 unspecified atom stereocenters. The Kier molecular flexibility index (Phi) is 6.93. The first-order valence-corrected chi connectivity index (χ1v) is 9.62. The van der Waals surface area contributed by atoms with E-state index in [2.05, 4.69) is 35.5 Å². The zero-order valence-corrected chi connectivity index (χ0v) is 17.2. The van der Waals surface area contributed by atoms with Crippen LogP contribution in [0.2, 0.25) is 5.02 Å². The SMILES string of the molecule is CN=C(NCC(C)(C)c1cccc(Cl)c1)NC1CCN(C(=O)C(C)C)C1. The van der Waals surface area contributed by atoms with Gasteiger partial charge in [0.05, 0.1) is 0 Å². The fourth-order valence-corrected chi connectivity index (χ4v) is 3.34. The molecule has 1 amide bonds. The third kappa shape index (κ3) is 5.37. The largest absolute Gasteiger partial charge is 0.356 e. The Morgan fingerprint density at radius 2 is 2.15 bits per heavy atom. The highest BCUT2D eigenvalue weighted by molar-refractivity contribution is 6.30. The third-order valence-corrected chi connectivity index (χ3v) is 5.10. The van der Waals surface area contributed by atoms with Gasteiger partial charge in [0.15, 0.2) is 5.96 Å². The van der Waals surface area contributed by atoms with Crippen molar-refractivity contribution >= 4 is 23.5 Å². The zero-order chi connectivity index (χ0) is 19.3. The topological polar surface area (TPSA) is 56.7 Å². The van der Waals surface area contributed by atoms with Gasteiger partial charge < -0.3 is 15.5 Å². The summed E-state index contributed by atoms with van der Waals surface area (Å²) in [5.41, 5.74) is 1.10. The molecule has 1 aromatic rings. The average molecular weight is 379 g/mol. The van der Waals surface area contributed by atoms with Crippen molar-refractivity contribution in [1.82, 2.24) is 15.5 Å². The number of hydrogen-bond acceptors (Lipinski definition) is 2. The minimum atomic E-state index is -0.0855. The Morgan fingerprint density at radius 3 is 2.77 bits per heavy atom. The van der Waals surface area contributed by atoms with Gasteiger partial charge in [-0.1, -0.05) is 51.4 Å². The number of carbonyl (C=O) groups excluding carboxylic acids is 1. The Hall–Kier alpha value is -1.75. The van der Waals surface area contributed by atoms with E-state index in [1.807, 2.05) is 36.9 Å². The molecule has 26 heavy (non-hydrogen) atoms. The lowest BCUT2D eigenvalue weighted by molar-refractivity contribution is -0.133. The molecule has 144 valence electrons. The van der Waals surface area contributed by atoms with Crippen LogP contribution in [0.5, 0.6) is 0 Å². The highest BCUT2D eigenvalue weighted by Crippen LogP contribution is 2.24. The van der Waals surface area contributed by atoms with Crippen molar-refractivity contribution in [2.45, 2.75) is 45.6 Å². The summed E-state index contributed by atoms with van der Waals surface area (Å²) < 4.78 is 0. The van der Waals surface area contributed by atoms with Crippen LogP contribution in [0.15, 0.2) is 29.3 Å². The Bertz CT molecular complexity index is 657. The minimum Gasteiger partial charge on any atom is -0.356 e. The summed E-state index contributed by atoms with van der Waals surface area (Å²) in [6, 6.07) is 8.20. The molecule has 1 aromatic carbocycles. The smallest absolute Gasteiger partial charge is 0.225 e. The molecule has 0 aromatic heterocycles. The zero-order valence-electron chi connectivity index (χ0n) is 16.5. The number of amides is 1. The second kappa shape index (κ2) is 8.76. The first kappa shape index (κ1) is 20.6. The molecule has 1 aliphatic heterocycles. The van der Waals surface area contributed by atoms with Crippen LogP contribution in [-0.2, 0) is 10.2 Å². The maximum atomic E-state index is 12.1. The highest BCUT2D eigenvalue weighted by Gasteiger charge is 2.28. The third-order valence-electron chi connectivity index (χ3n) is 4.86. The number of halogens is 1. The van der Waals surface area contributed by atoms with Crippen molar-refractivity contribution in [1.29, 1.82) is 0 Å². The quantitative estimate of drug-likeness (QED) is 0.611. The lowest BCUT2D eigenvalue weighted by Gasteiger charge is -2.28. The summed E-state index contributed by atoms with van der Waals surface area (Å²) in [7, 11) is 1.77. The molecule has 0 aliphatic carbocycles. The highest BCUT2D eigenvalue weighted by atomic mass is 35.5. The van der Waals surface area contributed by atoms with Gasteiger partial charge in [0.1, 0.15) is 0 Å². The van der Waals surface area contributed by atoms with Gasteiger partial charge in [-0.25, -0.2) is 0 Å². The Labute approximate surface area is 162 Å². The van der Waals surface area contributed by atoms with E-state index in [1.54, 1.807) is 7.05 Å². The van der Waals surface area contributed by atoms with E-state index >= 15 is 0 Å². The fourth-order valence-electron chi connectivity index (χ4n) is 3.15. The van der Waals surface area contributed by atoms with Crippen LogP contribution in [0.1, 0.15) is 39.7 Å². The number of aliphatic imine (C=N–C) groups is 1. The average Bonchev–Trinajstić information content (AvgIpc) is 3.06. The van der Waals surface area contributed by atoms with Gasteiger partial charge in [-0.15, -0.1) is 0 Å². The maximum absolute atomic E-state index is 12.1. The number of nitrogens with zero attached hydrogens (tertiary/aromatic N) is 2. The molecule has 1 heterocycles. The summed E-state index contributed by atoms with van der Waals surface area (Å²) in [6.07, 6.45) is 0.941. The number of nitrogens with one attached hydrogen (secondary N) is 2. The summed E-state index contributed by atoms with van der Waals surface area (Å²) in [5, 5.41) is 7.61. The Balaban J connectivity index is 1.89. The lowest BCUT2D eigenvalue weighted by Crippen LogP contribution is -2.48. The van der Waals surface area contributed by atoms with Crippen LogP contribution in [-0.4, -0.2) is 49.5 Å². The van der Waals surface area contributed by atoms with Gasteiger partial charge in [-0.3, -0.25) is 9.79 Å². The van der Waals surface area contributed by atoms with Crippen LogP contribution >= 0.6 is 11.6 Å². The van der Waals surface area contributed by atoms with Crippen LogP contribution in [0.3, 0.4) is 0 Å². The van der Waals surface area contributed by atoms with Crippen molar-refractivity contribution in [2.75, 3.05) is 26.7 Å². The van der Waals surface area contributed by atoms with Crippen molar-refractivity contribution in [3.63, 3.8) is 0 Å². The molecule has 2 N–H and O–H groups in total. The van der Waals surface area contributed by atoms with Crippen molar-refractivity contribution in [3.05, 3.63) is 34.9 Å². The number of carbonyl (C=O) groups is 1. The second-order valence-corrected chi connectivity index (χ2v) is 8.33. The molecule has 2 rings (SSSR count). The summed E-state index contributed by atoms with van der Waals surface area (Å²) in [5.74, 6) is 1.04. The predicted molar refractivity (Wildman–Crippen MR) is 109 cm³/mol. The second-order valence-electron chi connectivity index (χ2n) is 7.89. The molecular weight excluding hydrogens is 348 g/mol. The lowest BCUT2D eigenvalue weighted by atomic mass is 9.84. The number of guanidine groups is 1. The van der Waals surface area contributed by atoms with Gasteiger partial charge in [-0.2, -0.15) is 0 Å². The number of likely N-dealkylation sites (tertiary alicyclic amines) is 1. The van der Waals surface area contributed by atoms with E-state index < -0.39 is 0 Å². The fraction of sp³-hybridized carbons (Fsp3) is 0.600. The normalized spacial score (nSPS) is 18.3. The molecule has 1 saturated heterocycles. The van der Waals surface area contributed by atoms with E-state index in [0.29, 0.717) is 0 Å². The van der Waals surface area contributed by atoms with E-state index in [0.717, 1.165) is 37.0 Å². The van der Waals surface area contributed by atoms with Crippen molar-refractivity contribution in [3.8, 4) is 0 Å². The molecule has 0 spiro atoms. The van der Waals surface area contributed by atoms with Gasteiger partial charge in [0.2, 0.25) is 5.91 Å². The van der Waals surface area contributed by atoms with Gasteiger partial charge in [0, 0.05) is 49.1 Å². The standard InChI is InChI=1S/C20H31ClN4O/c1-14(2)18(26)25-10-9-17(12-25)24-19(22-5)23-13-20(3,4)15-7-6-8-16(21)11-15/h6-8,11,14,17H,9-10,12-13H2,1-5H3,(H2,22,23,24). The maximum Gasteiger partial charge on any atom is 0.225 e. The Morgan fingerprint density at radius 1 is 1.42 bits per heavy atom. The number of hydrogen-bond donors (Lipinski definition) is 2. The van der Waals surface area contributed by atoms with Crippen molar-refractivity contribution in [2.24, 2.45) is 10.9 Å². The number of rotatable bonds is 5. The summed E-state index contributed by atoms with van der Waals surface area (Å²) >= 11 is 6.13. The molecule has 1 atom stereocenters. The molecule has 5 nitrogen and oxygen atoms in total. The van der Waals surface area contributed by atoms with Crippen LogP contribution in [0.25, 0.3) is 0 Å². The predicted octanol–water partition coefficient (Wildman–Crippen LogP) is 3.04. The van der Waals surface area contributed by atoms with Gasteiger partial charge in [-0.05, 0) is 24.1 Å². The summed E-state index contributed by atoms with van der Waals surface area (Å²) in [6.45, 7) is 10.5. The molecule has 6 heteroatoms. The van der Waals surface area contributed by atoms with Crippen LogP contribution in [0, 0.1) is 5.92 Å². The molecular formula is C20H31ClN4O. The van der Waals surface area contributed by atoms with Gasteiger partial charge in [0.25, 0.3) is 0 Å². The van der Waals surface area contributed by atoms with Crippen molar-refractivity contribution < 1.29 is 4.79 Å². The van der Waals surface area contributed by atoms with E-state index in [9.17, 15) is 4.79 Å². The van der Waals surface area contributed by atoms with E-state index in [1.165, 1.54) is 5.56 Å². The molecule has 1 aliphatic rings.